The van der Waals surface area contributed by atoms with Gasteiger partial charge in [0.15, 0.2) is 0 Å². The quantitative estimate of drug-likeness (QED) is 0.715. The molecule has 2 fully saturated rings. The Morgan fingerprint density at radius 1 is 1.06 bits per heavy atom. The number of benzene rings is 1. The van der Waals surface area contributed by atoms with E-state index in [2.05, 4.69) is 21.6 Å². The molecule has 0 bridgehead atoms. The Morgan fingerprint density at radius 3 is 2.34 bits per heavy atom. The molecule has 2 aromatic rings. The average molecular weight is 439 g/mol. The number of halogens is 1. The third kappa shape index (κ3) is 3.68. The molecular weight excluding hydrogens is 413 g/mol. The van der Waals surface area contributed by atoms with Gasteiger partial charge in [-0.25, -0.2) is 14.2 Å². The molecule has 0 saturated carbocycles. The number of hydrogen-bond acceptors (Lipinski definition) is 5. The molecule has 1 aromatic carbocycles. The first-order valence-corrected chi connectivity index (χ1v) is 10.5. The maximum atomic E-state index is 14.9. The highest BCUT2D eigenvalue weighted by Crippen LogP contribution is 2.28. The molecule has 2 aliphatic heterocycles. The van der Waals surface area contributed by atoms with Gasteiger partial charge in [0.2, 0.25) is 0 Å². The third-order valence-corrected chi connectivity index (χ3v) is 6.30. The molecule has 2 aliphatic rings. The number of pyridine rings is 1. The Labute approximate surface area is 185 Å². The van der Waals surface area contributed by atoms with Crippen LogP contribution < -0.4 is 15.5 Å². The van der Waals surface area contributed by atoms with Crippen molar-refractivity contribution in [3.8, 4) is 0 Å². The standard InChI is InChI=1S/C23H26FN5O3/c1-13-11-14(2)19(25-15(13)3)28-7-9-29(10-8-28)20(30)16-5-6-17(18(24)12-16)23(4)21(31)26-22(32)27-23/h5-6,11-12H,7-10H2,1-4H3,(H2,26,27,31,32). The fourth-order valence-electron chi connectivity index (χ4n) is 4.24. The van der Waals surface area contributed by atoms with Crippen LogP contribution in [0.25, 0.3) is 0 Å². The maximum Gasteiger partial charge on any atom is 0.322 e. The Kier molecular flexibility index (Phi) is 5.36. The summed E-state index contributed by atoms with van der Waals surface area (Å²) in [5, 5.41) is 4.54. The number of anilines is 1. The summed E-state index contributed by atoms with van der Waals surface area (Å²) < 4.78 is 14.9. The van der Waals surface area contributed by atoms with Crippen LogP contribution in [0.2, 0.25) is 0 Å². The van der Waals surface area contributed by atoms with Crippen molar-refractivity contribution >= 4 is 23.7 Å². The van der Waals surface area contributed by atoms with E-state index < -0.39 is 23.3 Å². The largest absolute Gasteiger partial charge is 0.353 e. The lowest BCUT2D eigenvalue weighted by atomic mass is 9.91. The van der Waals surface area contributed by atoms with Crippen LogP contribution in [0.5, 0.6) is 0 Å². The lowest BCUT2D eigenvalue weighted by Gasteiger charge is -2.36. The lowest BCUT2D eigenvalue weighted by molar-refractivity contribution is -0.123. The molecule has 0 radical (unpaired) electrons. The van der Waals surface area contributed by atoms with Crippen LogP contribution in [0.15, 0.2) is 24.3 Å². The Balaban J connectivity index is 1.47. The molecule has 32 heavy (non-hydrogen) atoms. The summed E-state index contributed by atoms with van der Waals surface area (Å²) in [5.41, 5.74) is 1.94. The number of urea groups is 1. The molecule has 0 aliphatic carbocycles. The van der Waals surface area contributed by atoms with Crippen LogP contribution >= 0.6 is 0 Å². The minimum absolute atomic E-state index is 0.0125. The van der Waals surface area contributed by atoms with Gasteiger partial charge in [-0.2, -0.15) is 0 Å². The van der Waals surface area contributed by atoms with Crippen LogP contribution in [0.3, 0.4) is 0 Å². The first-order chi connectivity index (χ1) is 15.1. The number of piperazine rings is 1. The van der Waals surface area contributed by atoms with Crippen molar-refractivity contribution in [1.29, 1.82) is 0 Å². The van der Waals surface area contributed by atoms with Crippen molar-refractivity contribution in [1.82, 2.24) is 20.5 Å². The number of carbonyl (C=O) groups excluding carboxylic acids is 3. The Morgan fingerprint density at radius 2 is 1.75 bits per heavy atom. The number of aromatic nitrogens is 1. The Bertz CT molecular complexity index is 1130. The van der Waals surface area contributed by atoms with E-state index in [-0.39, 0.29) is 17.0 Å². The number of rotatable bonds is 3. The van der Waals surface area contributed by atoms with E-state index in [1.165, 1.54) is 19.1 Å². The van der Waals surface area contributed by atoms with Gasteiger partial charge in [-0.3, -0.25) is 14.9 Å². The first-order valence-electron chi connectivity index (χ1n) is 10.5. The zero-order valence-corrected chi connectivity index (χ0v) is 18.6. The maximum absolute atomic E-state index is 14.9. The van der Waals surface area contributed by atoms with Crippen molar-refractivity contribution in [2.24, 2.45) is 0 Å². The molecule has 0 spiro atoms. The monoisotopic (exact) mass is 439 g/mol. The number of aryl methyl sites for hydroxylation is 3. The van der Waals surface area contributed by atoms with E-state index in [0.717, 1.165) is 28.7 Å². The number of nitrogens with zero attached hydrogens (tertiary/aromatic N) is 3. The number of carbonyl (C=O) groups is 3. The molecular formula is C23H26FN5O3. The Hall–Kier alpha value is -3.49. The smallest absolute Gasteiger partial charge is 0.322 e. The second-order valence-corrected chi connectivity index (χ2v) is 8.54. The fourth-order valence-corrected chi connectivity index (χ4v) is 4.24. The van der Waals surface area contributed by atoms with Crippen molar-refractivity contribution in [2.45, 2.75) is 33.2 Å². The van der Waals surface area contributed by atoms with Gasteiger partial charge in [0.25, 0.3) is 11.8 Å². The van der Waals surface area contributed by atoms with Crippen molar-refractivity contribution in [3.05, 3.63) is 58.0 Å². The zero-order valence-electron chi connectivity index (χ0n) is 18.6. The normalized spacial score (nSPS) is 20.9. The topological polar surface area (TPSA) is 94.6 Å². The van der Waals surface area contributed by atoms with Crippen molar-refractivity contribution in [3.63, 3.8) is 0 Å². The zero-order chi connectivity index (χ0) is 23.2. The number of nitrogens with one attached hydrogen (secondary N) is 2. The summed E-state index contributed by atoms with van der Waals surface area (Å²) in [6, 6.07) is 5.44. The second-order valence-electron chi connectivity index (χ2n) is 8.54. The molecule has 8 nitrogen and oxygen atoms in total. The highest BCUT2D eigenvalue weighted by molar-refractivity contribution is 6.07. The molecule has 4 amide bonds. The second kappa shape index (κ2) is 7.89. The van der Waals surface area contributed by atoms with E-state index in [1.807, 2.05) is 20.8 Å². The lowest BCUT2D eigenvalue weighted by Crippen LogP contribution is -2.49. The van der Waals surface area contributed by atoms with Gasteiger partial charge in [-0.05, 0) is 51.0 Å². The summed E-state index contributed by atoms with van der Waals surface area (Å²) >= 11 is 0. The summed E-state index contributed by atoms with van der Waals surface area (Å²) in [4.78, 5) is 45.1. The molecule has 3 heterocycles. The molecule has 1 unspecified atom stereocenters. The van der Waals surface area contributed by atoms with Crippen molar-refractivity contribution < 1.29 is 18.8 Å². The molecule has 2 N–H and O–H groups in total. The summed E-state index contributed by atoms with van der Waals surface area (Å²) in [6.45, 7) is 9.73. The molecule has 1 aromatic heterocycles. The average Bonchev–Trinajstić information content (AvgIpc) is 3.02. The van der Waals surface area contributed by atoms with Gasteiger partial charge in [0.05, 0.1) is 0 Å². The molecule has 1 atom stereocenters. The van der Waals surface area contributed by atoms with Gasteiger partial charge >= 0.3 is 6.03 Å². The van der Waals surface area contributed by atoms with Gasteiger partial charge in [-0.15, -0.1) is 0 Å². The van der Waals surface area contributed by atoms with E-state index in [0.29, 0.717) is 26.2 Å². The minimum Gasteiger partial charge on any atom is -0.353 e. The summed E-state index contributed by atoms with van der Waals surface area (Å²) in [7, 11) is 0. The van der Waals surface area contributed by atoms with E-state index in [9.17, 15) is 18.8 Å². The van der Waals surface area contributed by atoms with Crippen molar-refractivity contribution in [2.75, 3.05) is 31.1 Å². The summed E-state index contributed by atoms with van der Waals surface area (Å²) in [5.74, 6) is -0.693. The molecule has 168 valence electrons. The van der Waals surface area contributed by atoms with Crippen LogP contribution in [-0.4, -0.2) is 53.9 Å². The predicted octanol–water partition coefficient (Wildman–Crippen LogP) is 2.16. The van der Waals surface area contributed by atoms with Gasteiger partial charge < -0.3 is 15.1 Å². The SMILES string of the molecule is Cc1cc(C)c(N2CCN(C(=O)c3ccc(C4(C)NC(=O)NC4=O)c(F)c3)CC2)nc1C. The van der Waals surface area contributed by atoms with E-state index in [4.69, 9.17) is 4.98 Å². The van der Waals surface area contributed by atoms with E-state index >= 15 is 0 Å². The highest BCUT2D eigenvalue weighted by atomic mass is 19.1. The van der Waals surface area contributed by atoms with Crippen LogP contribution in [0.1, 0.15) is 39.7 Å². The minimum atomic E-state index is -1.51. The highest BCUT2D eigenvalue weighted by Gasteiger charge is 2.45. The molecule has 4 rings (SSSR count). The van der Waals surface area contributed by atoms with Crippen LogP contribution in [0.4, 0.5) is 15.0 Å². The van der Waals surface area contributed by atoms with E-state index in [1.54, 1.807) is 4.90 Å². The molecule has 2 saturated heterocycles. The van der Waals surface area contributed by atoms with Crippen LogP contribution in [0, 0.1) is 26.6 Å². The van der Waals surface area contributed by atoms with Crippen LogP contribution in [-0.2, 0) is 10.3 Å². The number of imide groups is 1. The first kappa shape index (κ1) is 21.7. The number of amides is 4. The molecule has 9 heteroatoms. The van der Waals surface area contributed by atoms with Gasteiger partial charge in [-0.1, -0.05) is 12.1 Å². The fraction of sp³-hybridized carbons (Fsp3) is 0.391. The summed E-state index contributed by atoms with van der Waals surface area (Å²) in [6.07, 6.45) is 0. The predicted molar refractivity (Wildman–Crippen MR) is 117 cm³/mol. The van der Waals surface area contributed by atoms with Gasteiger partial charge in [0.1, 0.15) is 17.2 Å². The third-order valence-electron chi connectivity index (χ3n) is 6.30. The number of hydrogen-bond donors (Lipinski definition) is 2. The van der Waals surface area contributed by atoms with Gasteiger partial charge in [0, 0.05) is 43.0 Å².